The fraction of sp³-hybridized carbons (Fsp3) is 0.273. The van der Waals surface area contributed by atoms with Gasteiger partial charge in [-0.3, -0.25) is 19.7 Å². The van der Waals surface area contributed by atoms with E-state index in [-0.39, 0.29) is 29.9 Å². The summed E-state index contributed by atoms with van der Waals surface area (Å²) in [5.74, 6) is -2.12. The van der Waals surface area contributed by atoms with Crippen LogP contribution in [0.5, 0.6) is 0 Å². The zero-order valence-corrected chi connectivity index (χ0v) is 16.8. The van der Waals surface area contributed by atoms with Crippen LogP contribution >= 0.6 is 0 Å². The number of carbonyl (C=O) groups is 2. The molecule has 0 radical (unpaired) electrons. The summed E-state index contributed by atoms with van der Waals surface area (Å²) in [4.78, 5) is 36.7. The number of ether oxygens (including phenoxy) is 2. The first-order valence-electron chi connectivity index (χ1n) is 9.46. The van der Waals surface area contributed by atoms with Crippen LogP contribution in [0, 0.1) is 10.1 Å². The first-order valence-corrected chi connectivity index (χ1v) is 9.46. The van der Waals surface area contributed by atoms with Crippen molar-refractivity contribution in [3.8, 4) is 11.1 Å². The van der Waals surface area contributed by atoms with Gasteiger partial charge in [0, 0.05) is 10.9 Å². The molecule has 3 aromatic rings. The van der Waals surface area contributed by atoms with E-state index >= 15 is 0 Å². The predicted octanol–water partition coefficient (Wildman–Crippen LogP) is 4.39. The molecule has 0 N–H and O–H groups in total. The standard InChI is InChI=1S/C22H21NO7/c1-4-28-20(24)22(3,21(25)29-5-2)16-13-9-12-15-17(14-10-7-6-8-11-14)19(23(26)27)30-18(15)16/h6-13H,4-5H2,1-3H3. The molecule has 0 spiro atoms. The molecule has 0 atom stereocenters. The van der Waals surface area contributed by atoms with Gasteiger partial charge in [0.25, 0.3) is 0 Å². The number of benzene rings is 2. The van der Waals surface area contributed by atoms with Crippen molar-refractivity contribution in [2.75, 3.05) is 13.2 Å². The van der Waals surface area contributed by atoms with Crippen molar-refractivity contribution in [1.82, 2.24) is 0 Å². The fourth-order valence-corrected chi connectivity index (χ4v) is 3.37. The molecule has 0 amide bonds. The van der Waals surface area contributed by atoms with Crippen molar-refractivity contribution in [3.05, 3.63) is 64.2 Å². The highest BCUT2D eigenvalue weighted by Crippen LogP contribution is 2.44. The number of furan rings is 1. The highest BCUT2D eigenvalue weighted by molar-refractivity contribution is 6.10. The van der Waals surface area contributed by atoms with Crippen LogP contribution in [-0.4, -0.2) is 30.1 Å². The molecule has 0 fully saturated rings. The van der Waals surface area contributed by atoms with Crippen molar-refractivity contribution in [3.63, 3.8) is 0 Å². The third kappa shape index (κ3) is 3.41. The van der Waals surface area contributed by atoms with E-state index in [1.165, 1.54) is 13.0 Å². The predicted molar refractivity (Wildman–Crippen MR) is 109 cm³/mol. The summed E-state index contributed by atoms with van der Waals surface area (Å²) in [7, 11) is 0. The summed E-state index contributed by atoms with van der Waals surface area (Å²) >= 11 is 0. The quantitative estimate of drug-likeness (QED) is 0.245. The van der Waals surface area contributed by atoms with Crippen molar-refractivity contribution < 1.29 is 28.4 Å². The molecule has 30 heavy (non-hydrogen) atoms. The lowest BCUT2D eigenvalue weighted by atomic mass is 9.81. The molecular weight excluding hydrogens is 390 g/mol. The van der Waals surface area contributed by atoms with Crippen LogP contribution in [0.4, 0.5) is 5.88 Å². The van der Waals surface area contributed by atoms with E-state index in [0.717, 1.165) is 0 Å². The molecule has 8 heteroatoms. The minimum absolute atomic E-state index is 0.0529. The summed E-state index contributed by atoms with van der Waals surface area (Å²) in [6, 6.07) is 13.5. The maximum Gasteiger partial charge on any atom is 0.442 e. The summed E-state index contributed by atoms with van der Waals surface area (Å²) in [6.07, 6.45) is 0. The van der Waals surface area contributed by atoms with Gasteiger partial charge in [-0.1, -0.05) is 48.5 Å². The molecule has 1 aromatic heterocycles. The third-order valence-corrected chi connectivity index (χ3v) is 4.83. The summed E-state index contributed by atoms with van der Waals surface area (Å²) in [5.41, 5.74) is -0.805. The van der Waals surface area contributed by atoms with Gasteiger partial charge in [-0.15, -0.1) is 0 Å². The Balaban J connectivity index is 2.35. The lowest BCUT2D eigenvalue weighted by molar-refractivity contribution is -0.400. The Kier molecular flexibility index (Phi) is 5.86. The number of nitro groups is 1. The Morgan fingerprint density at radius 2 is 1.60 bits per heavy atom. The topological polar surface area (TPSA) is 109 Å². The number of nitrogens with zero attached hydrogens (tertiary/aromatic N) is 1. The van der Waals surface area contributed by atoms with E-state index in [2.05, 4.69) is 0 Å². The van der Waals surface area contributed by atoms with E-state index in [1.807, 2.05) is 0 Å². The lowest BCUT2D eigenvalue weighted by Gasteiger charge is -2.25. The molecule has 0 aliphatic rings. The van der Waals surface area contributed by atoms with Crippen molar-refractivity contribution in [2.45, 2.75) is 26.2 Å². The van der Waals surface area contributed by atoms with E-state index in [9.17, 15) is 19.7 Å². The van der Waals surface area contributed by atoms with Crippen molar-refractivity contribution >= 4 is 28.8 Å². The molecule has 0 bridgehead atoms. The molecule has 8 nitrogen and oxygen atoms in total. The van der Waals surface area contributed by atoms with E-state index in [0.29, 0.717) is 10.9 Å². The first-order chi connectivity index (χ1) is 14.4. The Morgan fingerprint density at radius 1 is 1.00 bits per heavy atom. The highest BCUT2D eigenvalue weighted by atomic mass is 16.6. The van der Waals surface area contributed by atoms with E-state index in [1.54, 1.807) is 56.3 Å². The van der Waals surface area contributed by atoms with Crippen LogP contribution in [0.3, 0.4) is 0 Å². The summed E-state index contributed by atoms with van der Waals surface area (Å²) < 4.78 is 15.9. The van der Waals surface area contributed by atoms with Gasteiger partial charge < -0.3 is 13.9 Å². The molecule has 0 saturated heterocycles. The molecule has 0 saturated carbocycles. The highest BCUT2D eigenvalue weighted by Gasteiger charge is 2.48. The van der Waals surface area contributed by atoms with Gasteiger partial charge in [-0.2, -0.15) is 0 Å². The van der Waals surface area contributed by atoms with Crippen LogP contribution in [0.25, 0.3) is 22.1 Å². The summed E-state index contributed by atoms with van der Waals surface area (Å²) in [6.45, 7) is 4.72. The average molecular weight is 411 g/mol. The molecule has 0 unspecified atom stereocenters. The second-order valence-corrected chi connectivity index (χ2v) is 6.65. The monoisotopic (exact) mass is 411 g/mol. The second kappa shape index (κ2) is 8.36. The van der Waals surface area contributed by atoms with Crippen LogP contribution in [-0.2, 0) is 24.5 Å². The normalized spacial score (nSPS) is 11.3. The van der Waals surface area contributed by atoms with Crippen LogP contribution < -0.4 is 0 Å². The maximum atomic E-state index is 12.8. The number of carbonyl (C=O) groups excluding carboxylic acids is 2. The summed E-state index contributed by atoms with van der Waals surface area (Å²) in [5, 5.41) is 12.1. The van der Waals surface area contributed by atoms with Crippen LogP contribution in [0.15, 0.2) is 52.9 Å². The number of hydrogen-bond acceptors (Lipinski definition) is 7. The van der Waals surface area contributed by atoms with Gasteiger partial charge in [0.1, 0.15) is 16.1 Å². The molecule has 2 aromatic carbocycles. The zero-order chi connectivity index (χ0) is 21.9. The Hall–Kier alpha value is -3.68. The minimum atomic E-state index is -1.86. The van der Waals surface area contributed by atoms with Gasteiger partial charge in [0.2, 0.25) is 0 Å². The Labute approximate surface area is 172 Å². The molecule has 3 rings (SSSR count). The number of rotatable bonds is 7. The maximum absolute atomic E-state index is 12.8. The fourth-order valence-electron chi connectivity index (χ4n) is 3.37. The number of para-hydroxylation sites is 1. The van der Waals surface area contributed by atoms with E-state index < -0.39 is 28.2 Å². The minimum Gasteiger partial charge on any atom is -0.465 e. The van der Waals surface area contributed by atoms with Gasteiger partial charge in [-0.25, -0.2) is 0 Å². The lowest BCUT2D eigenvalue weighted by Crippen LogP contribution is -2.43. The zero-order valence-electron chi connectivity index (χ0n) is 16.8. The Bertz CT molecular complexity index is 1080. The number of hydrogen-bond donors (Lipinski definition) is 0. The second-order valence-electron chi connectivity index (χ2n) is 6.65. The van der Waals surface area contributed by atoms with Gasteiger partial charge in [-0.05, 0) is 26.3 Å². The van der Waals surface area contributed by atoms with E-state index in [4.69, 9.17) is 13.9 Å². The Morgan fingerprint density at radius 3 is 2.13 bits per heavy atom. The first kappa shape index (κ1) is 21.0. The molecule has 0 aliphatic heterocycles. The average Bonchev–Trinajstić information content (AvgIpc) is 3.14. The van der Waals surface area contributed by atoms with Crippen LogP contribution in [0.1, 0.15) is 26.3 Å². The van der Waals surface area contributed by atoms with Crippen molar-refractivity contribution in [1.29, 1.82) is 0 Å². The third-order valence-electron chi connectivity index (χ3n) is 4.83. The van der Waals surface area contributed by atoms with Gasteiger partial charge >= 0.3 is 17.8 Å². The van der Waals surface area contributed by atoms with Crippen molar-refractivity contribution in [2.24, 2.45) is 0 Å². The molecule has 156 valence electrons. The largest absolute Gasteiger partial charge is 0.465 e. The number of esters is 2. The van der Waals surface area contributed by atoms with Gasteiger partial charge in [0.15, 0.2) is 5.41 Å². The smallest absolute Gasteiger partial charge is 0.442 e. The molecular formula is C22H21NO7. The molecule has 1 heterocycles. The SMILES string of the molecule is CCOC(=O)C(C)(C(=O)OCC)c1cccc2c(-c3ccccc3)c([N+](=O)[O-])oc12. The molecule has 0 aliphatic carbocycles. The van der Waals surface area contributed by atoms with Crippen LogP contribution in [0.2, 0.25) is 0 Å². The van der Waals surface area contributed by atoms with Gasteiger partial charge in [0.05, 0.1) is 13.2 Å². The number of fused-ring (bicyclic) bond motifs is 1.